The summed E-state index contributed by atoms with van der Waals surface area (Å²) in [5.74, 6) is 1.18. The monoisotopic (exact) mass is 355 g/mol. The molecule has 134 valence electrons. The van der Waals surface area contributed by atoms with Crippen molar-refractivity contribution in [2.45, 2.75) is 0 Å². The molecule has 0 saturated carbocycles. The molecular weight excluding hydrogens is 337 g/mol. The van der Waals surface area contributed by atoms with E-state index in [2.05, 4.69) is 20.8 Å². The Morgan fingerprint density at radius 3 is 2.50 bits per heavy atom. The molecule has 7 nitrogen and oxygen atoms in total. The lowest BCUT2D eigenvalue weighted by Gasteiger charge is -2.09. The maximum atomic E-state index is 12.8. The SMILES string of the molecule is O=C(COc1ccc(F)cc1)NCCNc1ccc(-n2cccc2)nn1. The van der Waals surface area contributed by atoms with Gasteiger partial charge in [0.2, 0.25) is 0 Å². The molecule has 0 aliphatic heterocycles. The Hall–Kier alpha value is -3.42. The maximum absolute atomic E-state index is 12.8. The number of amides is 1. The lowest BCUT2D eigenvalue weighted by molar-refractivity contribution is -0.123. The number of benzene rings is 1. The number of aromatic nitrogens is 3. The first-order valence-electron chi connectivity index (χ1n) is 8.07. The highest BCUT2D eigenvalue weighted by atomic mass is 19.1. The minimum absolute atomic E-state index is 0.128. The fourth-order valence-electron chi connectivity index (χ4n) is 2.17. The average Bonchev–Trinajstić information content (AvgIpc) is 3.20. The summed E-state index contributed by atoms with van der Waals surface area (Å²) in [4.78, 5) is 11.7. The molecule has 26 heavy (non-hydrogen) atoms. The molecule has 1 amide bonds. The second kappa shape index (κ2) is 8.61. The van der Waals surface area contributed by atoms with Crippen molar-refractivity contribution >= 4 is 11.7 Å². The molecule has 2 N–H and O–H groups in total. The van der Waals surface area contributed by atoms with Gasteiger partial charge < -0.3 is 19.9 Å². The van der Waals surface area contributed by atoms with Crippen LogP contribution in [0, 0.1) is 5.82 Å². The Labute approximate surface area is 149 Å². The Balaban J connectivity index is 1.34. The molecule has 0 spiro atoms. The Kier molecular flexibility index (Phi) is 5.76. The molecule has 0 saturated heterocycles. The molecule has 0 aliphatic carbocycles. The zero-order valence-electron chi connectivity index (χ0n) is 13.9. The summed E-state index contributed by atoms with van der Waals surface area (Å²) < 4.78 is 19.9. The van der Waals surface area contributed by atoms with Gasteiger partial charge in [0.25, 0.3) is 5.91 Å². The van der Waals surface area contributed by atoms with Crippen molar-refractivity contribution in [3.05, 3.63) is 66.7 Å². The van der Waals surface area contributed by atoms with E-state index >= 15 is 0 Å². The summed E-state index contributed by atoms with van der Waals surface area (Å²) in [6.45, 7) is 0.781. The largest absolute Gasteiger partial charge is 0.484 e. The number of nitrogens with one attached hydrogen (secondary N) is 2. The second-order valence-corrected chi connectivity index (χ2v) is 5.39. The third-order valence-electron chi connectivity index (χ3n) is 3.46. The van der Waals surface area contributed by atoms with Crippen molar-refractivity contribution in [3.63, 3.8) is 0 Å². The lowest BCUT2D eigenvalue weighted by atomic mass is 10.3. The second-order valence-electron chi connectivity index (χ2n) is 5.39. The zero-order valence-corrected chi connectivity index (χ0v) is 13.9. The fraction of sp³-hybridized carbons (Fsp3) is 0.167. The summed E-state index contributed by atoms with van der Waals surface area (Å²) >= 11 is 0. The predicted molar refractivity (Wildman–Crippen MR) is 94.8 cm³/mol. The molecule has 0 fully saturated rings. The number of halogens is 1. The Morgan fingerprint density at radius 1 is 1.04 bits per heavy atom. The highest BCUT2D eigenvalue weighted by molar-refractivity contribution is 5.77. The maximum Gasteiger partial charge on any atom is 0.258 e. The van der Waals surface area contributed by atoms with E-state index in [1.807, 2.05) is 41.2 Å². The van der Waals surface area contributed by atoms with Gasteiger partial charge in [0, 0.05) is 25.5 Å². The number of anilines is 1. The van der Waals surface area contributed by atoms with Gasteiger partial charge in [-0.05, 0) is 48.5 Å². The Morgan fingerprint density at radius 2 is 1.81 bits per heavy atom. The van der Waals surface area contributed by atoms with E-state index in [9.17, 15) is 9.18 Å². The summed E-state index contributed by atoms with van der Waals surface area (Å²) in [6, 6.07) is 13.0. The average molecular weight is 355 g/mol. The minimum atomic E-state index is -0.350. The van der Waals surface area contributed by atoms with E-state index in [1.54, 1.807) is 0 Å². The van der Waals surface area contributed by atoms with Crippen LogP contribution in [0.5, 0.6) is 5.75 Å². The normalized spacial score (nSPS) is 10.3. The van der Waals surface area contributed by atoms with Crippen molar-refractivity contribution in [1.82, 2.24) is 20.1 Å². The van der Waals surface area contributed by atoms with Crippen molar-refractivity contribution in [2.24, 2.45) is 0 Å². The first kappa shape index (κ1) is 17.4. The molecule has 0 atom stereocenters. The highest BCUT2D eigenvalue weighted by Gasteiger charge is 2.03. The minimum Gasteiger partial charge on any atom is -0.484 e. The third kappa shape index (κ3) is 5.04. The molecule has 0 unspecified atom stereocenters. The van der Waals surface area contributed by atoms with E-state index in [1.165, 1.54) is 24.3 Å². The van der Waals surface area contributed by atoms with Crippen LogP contribution >= 0.6 is 0 Å². The van der Waals surface area contributed by atoms with Crippen LogP contribution < -0.4 is 15.4 Å². The zero-order chi connectivity index (χ0) is 18.2. The molecule has 3 rings (SSSR count). The molecule has 0 aliphatic rings. The third-order valence-corrected chi connectivity index (χ3v) is 3.46. The first-order valence-corrected chi connectivity index (χ1v) is 8.07. The van der Waals surface area contributed by atoms with Crippen LogP contribution in [0.4, 0.5) is 10.2 Å². The van der Waals surface area contributed by atoms with Crippen LogP contribution in [-0.4, -0.2) is 40.4 Å². The molecule has 2 aromatic heterocycles. The van der Waals surface area contributed by atoms with E-state index in [0.717, 1.165) is 5.82 Å². The van der Waals surface area contributed by atoms with Gasteiger partial charge in [-0.2, -0.15) is 0 Å². The molecule has 3 aromatic rings. The van der Waals surface area contributed by atoms with Gasteiger partial charge in [0.1, 0.15) is 17.4 Å². The van der Waals surface area contributed by atoms with Crippen LogP contribution in [0.15, 0.2) is 60.9 Å². The summed E-state index contributed by atoms with van der Waals surface area (Å²) in [6.07, 6.45) is 3.78. The quantitative estimate of drug-likeness (QED) is 0.604. The van der Waals surface area contributed by atoms with Gasteiger partial charge in [-0.25, -0.2) is 4.39 Å². The van der Waals surface area contributed by atoms with Crippen molar-refractivity contribution in [3.8, 4) is 11.6 Å². The predicted octanol–water partition coefficient (Wildman–Crippen LogP) is 2.01. The van der Waals surface area contributed by atoms with Crippen LogP contribution in [-0.2, 0) is 4.79 Å². The first-order chi connectivity index (χ1) is 12.7. The van der Waals surface area contributed by atoms with Gasteiger partial charge >= 0.3 is 0 Å². The van der Waals surface area contributed by atoms with Crippen LogP contribution in [0.25, 0.3) is 5.82 Å². The van der Waals surface area contributed by atoms with E-state index in [-0.39, 0.29) is 18.3 Å². The van der Waals surface area contributed by atoms with E-state index in [4.69, 9.17) is 4.74 Å². The molecule has 1 aromatic carbocycles. The number of ether oxygens (including phenoxy) is 1. The topological polar surface area (TPSA) is 81.1 Å². The molecule has 0 bridgehead atoms. The summed E-state index contributed by atoms with van der Waals surface area (Å²) in [5, 5.41) is 14.0. The fourth-order valence-corrected chi connectivity index (χ4v) is 2.17. The molecule has 2 heterocycles. The molecule has 8 heteroatoms. The van der Waals surface area contributed by atoms with Gasteiger partial charge in [0.05, 0.1) is 0 Å². The highest BCUT2D eigenvalue weighted by Crippen LogP contribution is 2.10. The number of rotatable bonds is 8. The van der Waals surface area contributed by atoms with Crippen molar-refractivity contribution in [1.29, 1.82) is 0 Å². The molecular formula is C18H18FN5O2. The van der Waals surface area contributed by atoms with Crippen molar-refractivity contribution < 1.29 is 13.9 Å². The number of hydrogen-bond acceptors (Lipinski definition) is 5. The number of hydrogen-bond donors (Lipinski definition) is 2. The lowest BCUT2D eigenvalue weighted by Crippen LogP contribution is -2.32. The van der Waals surface area contributed by atoms with Gasteiger partial charge in [0.15, 0.2) is 12.4 Å². The van der Waals surface area contributed by atoms with Gasteiger partial charge in [-0.1, -0.05) is 0 Å². The van der Waals surface area contributed by atoms with Crippen LogP contribution in [0.1, 0.15) is 0 Å². The van der Waals surface area contributed by atoms with E-state index in [0.29, 0.717) is 24.7 Å². The molecule has 0 radical (unpaired) electrons. The summed E-state index contributed by atoms with van der Waals surface area (Å²) in [7, 11) is 0. The summed E-state index contributed by atoms with van der Waals surface area (Å²) in [5.41, 5.74) is 0. The standard InChI is InChI=1S/C18H18FN5O2/c19-14-3-5-15(6-4-14)26-13-18(25)21-10-9-20-16-7-8-17(23-22-16)24-11-1-2-12-24/h1-8,11-12H,9-10,13H2,(H,20,22)(H,21,25). The smallest absolute Gasteiger partial charge is 0.258 e. The van der Waals surface area contributed by atoms with Crippen molar-refractivity contribution in [2.75, 3.05) is 25.0 Å². The van der Waals surface area contributed by atoms with Gasteiger partial charge in [-0.3, -0.25) is 4.79 Å². The van der Waals surface area contributed by atoms with E-state index < -0.39 is 0 Å². The number of nitrogens with zero attached hydrogens (tertiary/aromatic N) is 3. The van der Waals surface area contributed by atoms with Crippen LogP contribution in [0.2, 0.25) is 0 Å². The van der Waals surface area contributed by atoms with Gasteiger partial charge in [-0.15, -0.1) is 10.2 Å². The number of carbonyl (C=O) groups excluding carboxylic acids is 1. The van der Waals surface area contributed by atoms with Crippen LogP contribution in [0.3, 0.4) is 0 Å². The Bertz CT molecular complexity index is 820. The number of carbonyl (C=O) groups is 1.